The maximum atomic E-state index is 12.8. The van der Waals surface area contributed by atoms with Crippen molar-refractivity contribution in [2.24, 2.45) is 0 Å². The van der Waals surface area contributed by atoms with Crippen LogP contribution >= 0.6 is 11.6 Å². The van der Waals surface area contributed by atoms with Crippen molar-refractivity contribution in [3.05, 3.63) is 88.8 Å². The average Bonchev–Trinajstić information content (AvgIpc) is 3.17. The molecule has 0 aliphatic carbocycles. The second kappa shape index (κ2) is 8.59. The van der Waals surface area contributed by atoms with E-state index in [9.17, 15) is 4.79 Å². The lowest BCUT2D eigenvalue weighted by Crippen LogP contribution is -2.34. The van der Waals surface area contributed by atoms with Crippen molar-refractivity contribution >= 4 is 23.3 Å². The number of carbonyl (C=O) groups excluding carboxylic acids is 1. The van der Waals surface area contributed by atoms with Crippen LogP contribution in [0.25, 0.3) is 0 Å². The van der Waals surface area contributed by atoms with Crippen molar-refractivity contribution in [1.29, 1.82) is 0 Å². The summed E-state index contributed by atoms with van der Waals surface area (Å²) in [6.45, 7) is 3.00. The second-order valence-corrected chi connectivity index (χ2v) is 6.48. The number of anilines is 1. The molecule has 134 valence electrons. The summed E-state index contributed by atoms with van der Waals surface area (Å²) in [5.74, 6) is 0.737. The Hall–Kier alpha value is -2.72. The molecule has 0 unspecified atom stereocenters. The number of urea groups is 1. The smallest absolute Gasteiger partial charge is 0.322 e. The highest BCUT2D eigenvalue weighted by molar-refractivity contribution is 6.30. The summed E-state index contributed by atoms with van der Waals surface area (Å²) in [6.07, 6.45) is 2.61. The fourth-order valence-corrected chi connectivity index (χ4v) is 2.75. The Balaban J connectivity index is 1.74. The van der Waals surface area contributed by atoms with E-state index in [0.29, 0.717) is 23.8 Å². The van der Waals surface area contributed by atoms with E-state index in [0.717, 1.165) is 17.7 Å². The number of aryl methyl sites for hydroxylation is 1. The van der Waals surface area contributed by atoms with Crippen LogP contribution in [0.15, 0.2) is 71.3 Å². The Bertz CT molecular complexity index is 827. The van der Waals surface area contributed by atoms with Gasteiger partial charge in [-0.2, -0.15) is 0 Å². The Labute approximate surface area is 158 Å². The summed E-state index contributed by atoms with van der Waals surface area (Å²) in [5, 5.41) is 3.54. The van der Waals surface area contributed by atoms with E-state index in [-0.39, 0.29) is 6.03 Å². The van der Waals surface area contributed by atoms with Gasteiger partial charge in [0.15, 0.2) is 0 Å². The summed E-state index contributed by atoms with van der Waals surface area (Å²) in [4.78, 5) is 14.5. The van der Waals surface area contributed by atoms with E-state index >= 15 is 0 Å². The number of halogens is 1. The normalized spacial score (nSPS) is 10.5. The Kier molecular flexibility index (Phi) is 5.97. The Morgan fingerprint density at radius 1 is 1.00 bits per heavy atom. The average molecular weight is 369 g/mol. The zero-order chi connectivity index (χ0) is 18.4. The number of hydrogen-bond acceptors (Lipinski definition) is 2. The third-order valence-electron chi connectivity index (χ3n) is 4.11. The van der Waals surface area contributed by atoms with Crippen molar-refractivity contribution in [1.82, 2.24) is 4.90 Å². The second-order valence-electron chi connectivity index (χ2n) is 6.04. The van der Waals surface area contributed by atoms with E-state index < -0.39 is 0 Å². The molecular formula is C21H21ClN2O2. The first kappa shape index (κ1) is 18.1. The van der Waals surface area contributed by atoms with Crippen molar-refractivity contribution in [3.63, 3.8) is 0 Å². The minimum atomic E-state index is -0.191. The summed E-state index contributed by atoms with van der Waals surface area (Å²) in [6, 6.07) is 18.9. The molecule has 0 radical (unpaired) electrons. The summed E-state index contributed by atoms with van der Waals surface area (Å²) in [5.41, 5.74) is 3.04. The molecule has 0 aliphatic rings. The molecule has 1 heterocycles. The van der Waals surface area contributed by atoms with Gasteiger partial charge < -0.3 is 14.6 Å². The molecule has 0 aliphatic heterocycles. The molecule has 1 N–H and O–H groups in total. The molecule has 3 aromatic rings. The predicted octanol–water partition coefficient (Wildman–Crippen LogP) is 5.73. The van der Waals surface area contributed by atoms with E-state index in [1.54, 1.807) is 35.4 Å². The largest absolute Gasteiger partial charge is 0.467 e. The first-order valence-corrected chi connectivity index (χ1v) is 8.93. The number of hydrogen-bond donors (Lipinski definition) is 1. The van der Waals surface area contributed by atoms with Gasteiger partial charge >= 0.3 is 6.03 Å². The van der Waals surface area contributed by atoms with Crippen LogP contribution in [0, 0.1) is 0 Å². The molecular weight excluding hydrogens is 348 g/mol. The minimum absolute atomic E-state index is 0.191. The molecule has 2 aromatic carbocycles. The number of nitrogens with one attached hydrogen (secondary N) is 1. The zero-order valence-electron chi connectivity index (χ0n) is 14.6. The van der Waals surface area contributed by atoms with Crippen LogP contribution < -0.4 is 5.32 Å². The molecule has 4 nitrogen and oxygen atoms in total. The Morgan fingerprint density at radius 3 is 2.31 bits per heavy atom. The van der Waals surface area contributed by atoms with Crippen LogP contribution in [-0.2, 0) is 19.5 Å². The van der Waals surface area contributed by atoms with E-state index in [4.69, 9.17) is 16.0 Å². The van der Waals surface area contributed by atoms with Gasteiger partial charge in [0.2, 0.25) is 0 Å². The van der Waals surface area contributed by atoms with Gasteiger partial charge in [-0.15, -0.1) is 0 Å². The van der Waals surface area contributed by atoms with Gasteiger partial charge in [-0.25, -0.2) is 4.79 Å². The number of carbonyl (C=O) groups is 1. The molecule has 3 rings (SSSR count). The highest BCUT2D eigenvalue weighted by Gasteiger charge is 2.16. The molecule has 0 fully saturated rings. The van der Waals surface area contributed by atoms with Gasteiger partial charge in [0, 0.05) is 17.3 Å². The summed E-state index contributed by atoms with van der Waals surface area (Å²) < 4.78 is 5.42. The first-order valence-electron chi connectivity index (χ1n) is 8.55. The highest BCUT2D eigenvalue weighted by Crippen LogP contribution is 2.17. The van der Waals surface area contributed by atoms with Gasteiger partial charge in [-0.1, -0.05) is 42.8 Å². The number of benzene rings is 2. The van der Waals surface area contributed by atoms with Crippen molar-refractivity contribution in [2.75, 3.05) is 5.32 Å². The van der Waals surface area contributed by atoms with Gasteiger partial charge in [0.05, 0.1) is 12.8 Å². The number of furan rings is 1. The van der Waals surface area contributed by atoms with E-state index in [2.05, 4.69) is 36.5 Å². The van der Waals surface area contributed by atoms with Crippen LogP contribution in [0.3, 0.4) is 0 Å². The first-order chi connectivity index (χ1) is 12.6. The monoisotopic (exact) mass is 368 g/mol. The van der Waals surface area contributed by atoms with Crippen LogP contribution in [0.1, 0.15) is 23.8 Å². The van der Waals surface area contributed by atoms with Crippen LogP contribution in [0.4, 0.5) is 10.5 Å². The van der Waals surface area contributed by atoms with Crippen molar-refractivity contribution in [3.8, 4) is 0 Å². The lowest BCUT2D eigenvalue weighted by molar-refractivity contribution is 0.201. The van der Waals surface area contributed by atoms with Crippen molar-refractivity contribution in [2.45, 2.75) is 26.4 Å². The number of amides is 2. The summed E-state index contributed by atoms with van der Waals surface area (Å²) in [7, 11) is 0. The fraction of sp³-hybridized carbons (Fsp3) is 0.190. The molecule has 2 amide bonds. The third kappa shape index (κ3) is 4.90. The molecule has 1 aromatic heterocycles. The van der Waals surface area contributed by atoms with Crippen LogP contribution in [-0.4, -0.2) is 10.9 Å². The van der Waals surface area contributed by atoms with Crippen molar-refractivity contribution < 1.29 is 9.21 Å². The highest BCUT2D eigenvalue weighted by atomic mass is 35.5. The molecule has 26 heavy (non-hydrogen) atoms. The Morgan fingerprint density at radius 2 is 1.69 bits per heavy atom. The van der Waals surface area contributed by atoms with E-state index in [1.807, 2.05) is 12.1 Å². The lowest BCUT2D eigenvalue weighted by Gasteiger charge is -2.22. The maximum Gasteiger partial charge on any atom is 0.322 e. The van der Waals surface area contributed by atoms with Gasteiger partial charge in [0.1, 0.15) is 5.76 Å². The molecule has 5 heteroatoms. The molecule has 0 atom stereocenters. The number of rotatable bonds is 6. The molecule has 0 saturated carbocycles. The van der Waals surface area contributed by atoms with E-state index in [1.165, 1.54) is 5.56 Å². The van der Waals surface area contributed by atoms with Gasteiger partial charge in [-0.05, 0) is 53.9 Å². The quantitative estimate of drug-likeness (QED) is 0.603. The number of nitrogens with zero attached hydrogens (tertiary/aromatic N) is 1. The van der Waals surface area contributed by atoms with Gasteiger partial charge in [-0.3, -0.25) is 0 Å². The predicted molar refractivity (Wildman–Crippen MR) is 104 cm³/mol. The fourth-order valence-electron chi connectivity index (χ4n) is 2.63. The van der Waals surface area contributed by atoms with Crippen LogP contribution in [0.5, 0.6) is 0 Å². The molecule has 0 spiro atoms. The topological polar surface area (TPSA) is 45.5 Å². The third-order valence-corrected chi connectivity index (χ3v) is 4.37. The zero-order valence-corrected chi connectivity index (χ0v) is 15.4. The standard InChI is InChI=1S/C21H21ClN2O2/c1-2-16-5-7-17(8-6-16)14-24(15-20-4-3-13-26-20)21(25)23-19-11-9-18(22)10-12-19/h3-13H,2,14-15H2,1H3,(H,23,25). The van der Waals surface area contributed by atoms with Gasteiger partial charge in [0.25, 0.3) is 0 Å². The lowest BCUT2D eigenvalue weighted by atomic mass is 10.1. The summed E-state index contributed by atoms with van der Waals surface area (Å²) >= 11 is 5.90. The molecule has 0 saturated heterocycles. The SMILES string of the molecule is CCc1ccc(CN(Cc2ccco2)C(=O)Nc2ccc(Cl)cc2)cc1. The maximum absolute atomic E-state index is 12.8. The molecule has 0 bridgehead atoms. The minimum Gasteiger partial charge on any atom is -0.467 e. The van der Waals surface area contributed by atoms with Crippen LogP contribution in [0.2, 0.25) is 5.02 Å².